The van der Waals surface area contributed by atoms with E-state index in [-0.39, 0.29) is 0 Å². The van der Waals surface area contributed by atoms with E-state index >= 15 is 0 Å². The molecule has 112 valence electrons. The fraction of sp³-hybridized carbons (Fsp3) is 0.368. The summed E-state index contributed by atoms with van der Waals surface area (Å²) in [5.74, 6) is 0.967. The fourth-order valence-corrected chi connectivity index (χ4v) is 2.31. The highest BCUT2D eigenvalue weighted by atomic mass is 16.5. The standard InChI is InChI=1S/C19H25NO/c1-16(20-2)18-12-8-13-19(15-18)21-14-7-6-11-17-9-4-3-5-10-17/h3-5,8-10,12-13,15-16,20H,6-7,11,14H2,1-2H3. The van der Waals surface area contributed by atoms with Crippen LogP contribution in [0.2, 0.25) is 0 Å². The molecule has 0 saturated carbocycles. The smallest absolute Gasteiger partial charge is 0.119 e. The summed E-state index contributed by atoms with van der Waals surface area (Å²) < 4.78 is 5.85. The van der Waals surface area contributed by atoms with Crippen LogP contribution >= 0.6 is 0 Å². The molecular weight excluding hydrogens is 258 g/mol. The second-order valence-corrected chi connectivity index (χ2v) is 5.37. The Balaban J connectivity index is 1.71. The largest absolute Gasteiger partial charge is 0.494 e. The Hall–Kier alpha value is -1.80. The summed E-state index contributed by atoms with van der Waals surface area (Å²) >= 11 is 0. The van der Waals surface area contributed by atoms with Gasteiger partial charge < -0.3 is 10.1 Å². The summed E-state index contributed by atoms with van der Waals surface area (Å²) in [6, 6.07) is 19.3. The Morgan fingerprint density at radius 1 is 1.00 bits per heavy atom. The number of hydrogen-bond acceptors (Lipinski definition) is 2. The maximum absolute atomic E-state index is 5.85. The highest BCUT2D eigenvalue weighted by Gasteiger charge is 2.03. The van der Waals surface area contributed by atoms with Gasteiger partial charge in [0.2, 0.25) is 0 Å². The highest BCUT2D eigenvalue weighted by Crippen LogP contribution is 2.19. The lowest BCUT2D eigenvalue weighted by Gasteiger charge is -2.12. The van der Waals surface area contributed by atoms with E-state index in [1.54, 1.807) is 0 Å². The number of nitrogens with one attached hydrogen (secondary N) is 1. The van der Waals surface area contributed by atoms with E-state index in [0.717, 1.165) is 31.6 Å². The van der Waals surface area contributed by atoms with Crippen molar-refractivity contribution in [2.45, 2.75) is 32.2 Å². The molecule has 0 amide bonds. The van der Waals surface area contributed by atoms with Crippen molar-refractivity contribution >= 4 is 0 Å². The molecule has 21 heavy (non-hydrogen) atoms. The van der Waals surface area contributed by atoms with Crippen molar-refractivity contribution in [3.8, 4) is 5.75 Å². The van der Waals surface area contributed by atoms with Crippen molar-refractivity contribution in [2.24, 2.45) is 0 Å². The van der Waals surface area contributed by atoms with Crippen LogP contribution in [0.4, 0.5) is 0 Å². The van der Waals surface area contributed by atoms with Gasteiger partial charge in [-0.25, -0.2) is 0 Å². The Bertz CT molecular complexity index is 524. The number of unbranched alkanes of at least 4 members (excludes halogenated alkanes) is 1. The van der Waals surface area contributed by atoms with Gasteiger partial charge in [-0.2, -0.15) is 0 Å². The zero-order chi connectivity index (χ0) is 14.9. The molecule has 0 bridgehead atoms. The first-order valence-electron chi connectivity index (χ1n) is 7.73. The lowest BCUT2D eigenvalue weighted by molar-refractivity contribution is 0.306. The van der Waals surface area contributed by atoms with Crippen molar-refractivity contribution in [1.29, 1.82) is 0 Å². The highest BCUT2D eigenvalue weighted by molar-refractivity contribution is 5.30. The van der Waals surface area contributed by atoms with Gasteiger partial charge in [-0.1, -0.05) is 42.5 Å². The maximum atomic E-state index is 5.85. The van der Waals surface area contributed by atoms with Crippen LogP contribution in [-0.2, 0) is 6.42 Å². The molecule has 0 aliphatic carbocycles. The molecule has 1 N–H and O–H groups in total. The van der Waals surface area contributed by atoms with Crippen LogP contribution in [0.25, 0.3) is 0 Å². The van der Waals surface area contributed by atoms with Gasteiger partial charge in [-0.05, 0) is 56.5 Å². The van der Waals surface area contributed by atoms with Crippen LogP contribution in [-0.4, -0.2) is 13.7 Å². The van der Waals surface area contributed by atoms with Crippen molar-refractivity contribution in [3.05, 3.63) is 65.7 Å². The molecule has 0 aliphatic rings. The minimum atomic E-state index is 0.353. The Morgan fingerprint density at radius 2 is 1.81 bits per heavy atom. The van der Waals surface area contributed by atoms with Gasteiger partial charge in [0, 0.05) is 6.04 Å². The zero-order valence-electron chi connectivity index (χ0n) is 13.0. The van der Waals surface area contributed by atoms with Crippen LogP contribution in [0.15, 0.2) is 54.6 Å². The predicted molar refractivity (Wildman–Crippen MR) is 88.8 cm³/mol. The third-order valence-corrected chi connectivity index (χ3v) is 3.76. The molecule has 1 unspecified atom stereocenters. The average molecular weight is 283 g/mol. The molecule has 0 fully saturated rings. The number of aryl methyl sites for hydroxylation is 1. The van der Waals surface area contributed by atoms with E-state index in [9.17, 15) is 0 Å². The first kappa shape index (κ1) is 15.6. The lowest BCUT2D eigenvalue weighted by Crippen LogP contribution is -2.12. The molecule has 2 heteroatoms. The fourth-order valence-electron chi connectivity index (χ4n) is 2.31. The summed E-state index contributed by atoms with van der Waals surface area (Å²) in [6.07, 6.45) is 3.37. The van der Waals surface area contributed by atoms with E-state index in [1.807, 2.05) is 13.1 Å². The van der Waals surface area contributed by atoms with Gasteiger partial charge in [-0.15, -0.1) is 0 Å². The molecular formula is C19H25NO. The number of ether oxygens (including phenoxy) is 1. The van der Waals surface area contributed by atoms with Crippen LogP contribution in [0.5, 0.6) is 5.75 Å². The summed E-state index contributed by atoms with van der Waals surface area (Å²) in [4.78, 5) is 0. The van der Waals surface area contributed by atoms with Crippen molar-refractivity contribution < 1.29 is 4.74 Å². The first-order valence-corrected chi connectivity index (χ1v) is 7.73. The molecule has 0 aliphatic heterocycles. The van der Waals surface area contributed by atoms with Gasteiger partial charge in [-0.3, -0.25) is 0 Å². The van der Waals surface area contributed by atoms with Crippen LogP contribution in [0.1, 0.15) is 36.9 Å². The number of hydrogen-bond donors (Lipinski definition) is 1. The van der Waals surface area contributed by atoms with Gasteiger partial charge >= 0.3 is 0 Å². The second kappa shape index (κ2) is 8.48. The number of benzene rings is 2. The Kier molecular flexibility index (Phi) is 6.29. The maximum Gasteiger partial charge on any atom is 0.119 e. The van der Waals surface area contributed by atoms with Gasteiger partial charge in [0.1, 0.15) is 5.75 Å². The van der Waals surface area contributed by atoms with E-state index in [1.165, 1.54) is 11.1 Å². The van der Waals surface area contributed by atoms with Crippen LogP contribution < -0.4 is 10.1 Å². The van der Waals surface area contributed by atoms with E-state index in [4.69, 9.17) is 4.74 Å². The second-order valence-electron chi connectivity index (χ2n) is 5.37. The molecule has 0 radical (unpaired) electrons. The third-order valence-electron chi connectivity index (χ3n) is 3.76. The molecule has 0 saturated heterocycles. The summed E-state index contributed by atoms with van der Waals surface area (Å²) in [6.45, 7) is 2.93. The summed E-state index contributed by atoms with van der Waals surface area (Å²) in [5.41, 5.74) is 2.67. The first-order chi connectivity index (χ1) is 10.3. The summed E-state index contributed by atoms with van der Waals surface area (Å²) in [5, 5.41) is 3.25. The Labute approximate surface area is 128 Å². The van der Waals surface area contributed by atoms with Gasteiger partial charge in [0.05, 0.1) is 6.61 Å². The monoisotopic (exact) mass is 283 g/mol. The minimum absolute atomic E-state index is 0.353. The van der Waals surface area contributed by atoms with E-state index in [2.05, 4.69) is 60.8 Å². The quantitative estimate of drug-likeness (QED) is 0.726. The molecule has 1 atom stereocenters. The van der Waals surface area contributed by atoms with Crippen molar-refractivity contribution in [2.75, 3.05) is 13.7 Å². The molecule has 0 spiro atoms. The van der Waals surface area contributed by atoms with Gasteiger partial charge in [0.15, 0.2) is 0 Å². The zero-order valence-corrected chi connectivity index (χ0v) is 13.0. The predicted octanol–water partition coefficient (Wildman–Crippen LogP) is 4.37. The topological polar surface area (TPSA) is 21.3 Å². The van der Waals surface area contributed by atoms with E-state index in [0.29, 0.717) is 6.04 Å². The van der Waals surface area contributed by atoms with Crippen molar-refractivity contribution in [3.63, 3.8) is 0 Å². The van der Waals surface area contributed by atoms with Crippen molar-refractivity contribution in [1.82, 2.24) is 5.32 Å². The van der Waals surface area contributed by atoms with E-state index < -0.39 is 0 Å². The average Bonchev–Trinajstić information content (AvgIpc) is 2.55. The summed E-state index contributed by atoms with van der Waals surface area (Å²) in [7, 11) is 1.97. The van der Waals surface area contributed by atoms with Gasteiger partial charge in [0.25, 0.3) is 0 Å². The molecule has 0 heterocycles. The minimum Gasteiger partial charge on any atom is -0.494 e. The van der Waals surface area contributed by atoms with Crippen LogP contribution in [0.3, 0.4) is 0 Å². The normalized spacial score (nSPS) is 12.1. The van der Waals surface area contributed by atoms with Crippen LogP contribution in [0, 0.1) is 0 Å². The third kappa shape index (κ3) is 5.24. The SMILES string of the molecule is CNC(C)c1cccc(OCCCCc2ccccc2)c1. The molecule has 2 rings (SSSR count). The number of rotatable bonds is 8. The molecule has 0 aromatic heterocycles. The molecule has 2 aromatic rings. The molecule has 2 aromatic carbocycles. The lowest BCUT2D eigenvalue weighted by atomic mass is 10.1. The Morgan fingerprint density at radius 3 is 2.57 bits per heavy atom. The molecule has 2 nitrogen and oxygen atoms in total.